The van der Waals surface area contributed by atoms with Crippen LogP contribution in [0, 0.1) is 0 Å². The number of halogens is 1. The van der Waals surface area contributed by atoms with Crippen molar-refractivity contribution in [3.05, 3.63) is 77.0 Å². The van der Waals surface area contributed by atoms with E-state index in [0.717, 1.165) is 31.6 Å². The van der Waals surface area contributed by atoms with Gasteiger partial charge in [-0.15, -0.1) is 0 Å². The van der Waals surface area contributed by atoms with E-state index in [1.54, 1.807) is 48.5 Å². The second-order valence-electron chi connectivity index (χ2n) is 7.10. The molecule has 1 aliphatic rings. The maximum Gasteiger partial charge on any atom is 0.289 e. The van der Waals surface area contributed by atoms with E-state index in [1.807, 2.05) is 17.0 Å². The molecule has 1 aromatic heterocycles. The first kappa shape index (κ1) is 20.2. The van der Waals surface area contributed by atoms with Crippen LogP contribution in [0.2, 0.25) is 5.02 Å². The van der Waals surface area contributed by atoms with E-state index < -0.39 is 0 Å². The van der Waals surface area contributed by atoms with Crippen molar-refractivity contribution >= 4 is 29.1 Å². The minimum atomic E-state index is -0.233. The Morgan fingerprint density at radius 3 is 2.63 bits per heavy atom. The summed E-state index contributed by atoms with van der Waals surface area (Å²) in [5.41, 5.74) is 1.97. The molecule has 2 aromatic carbocycles. The summed E-state index contributed by atoms with van der Waals surface area (Å²) in [4.78, 5) is 26.8. The number of anilines is 1. The number of carbonyl (C=O) groups is 2. The maximum atomic E-state index is 12.7. The molecule has 1 saturated heterocycles. The maximum absolute atomic E-state index is 12.7. The number of furan rings is 1. The van der Waals surface area contributed by atoms with Gasteiger partial charge in [0.15, 0.2) is 5.76 Å². The smallest absolute Gasteiger partial charge is 0.289 e. The van der Waals surface area contributed by atoms with Crippen LogP contribution in [0.5, 0.6) is 0 Å². The van der Waals surface area contributed by atoms with Crippen molar-refractivity contribution in [2.45, 2.75) is 6.42 Å². The lowest BCUT2D eigenvalue weighted by atomic mass is 10.1. The van der Waals surface area contributed by atoms with Gasteiger partial charge < -0.3 is 20.0 Å². The highest BCUT2D eigenvalue weighted by molar-refractivity contribution is 6.31. The first-order valence-electron chi connectivity index (χ1n) is 9.87. The second kappa shape index (κ2) is 9.15. The molecule has 2 N–H and O–H groups in total. The number of nitrogens with one attached hydrogen (secondary N) is 2. The molecule has 2 heterocycles. The van der Waals surface area contributed by atoms with Gasteiger partial charge in [-0.05, 0) is 67.6 Å². The summed E-state index contributed by atoms with van der Waals surface area (Å²) in [5.74, 6) is 0.627. The normalized spacial score (nSPS) is 14.2. The number of amides is 2. The van der Waals surface area contributed by atoms with E-state index in [0.29, 0.717) is 34.3 Å². The van der Waals surface area contributed by atoms with Crippen molar-refractivity contribution in [1.29, 1.82) is 0 Å². The molecule has 0 spiro atoms. The summed E-state index contributed by atoms with van der Waals surface area (Å²) in [6.07, 6.45) is 0.932. The first-order chi connectivity index (χ1) is 14.6. The number of benzene rings is 2. The number of carbonyl (C=O) groups excluding carboxylic acids is 2. The lowest BCUT2D eigenvalue weighted by molar-refractivity contribution is 0.0735. The number of nitrogens with zero attached hydrogens (tertiary/aromatic N) is 1. The van der Waals surface area contributed by atoms with Gasteiger partial charge in [-0.1, -0.05) is 17.7 Å². The molecule has 0 unspecified atom stereocenters. The van der Waals surface area contributed by atoms with Crippen LogP contribution >= 0.6 is 11.6 Å². The zero-order valence-electron chi connectivity index (χ0n) is 16.4. The Morgan fingerprint density at radius 1 is 1.00 bits per heavy atom. The highest BCUT2D eigenvalue weighted by Gasteiger charge is 2.20. The van der Waals surface area contributed by atoms with Crippen molar-refractivity contribution in [2.75, 3.05) is 31.5 Å². The molecule has 1 aliphatic heterocycles. The Kier molecular flexibility index (Phi) is 6.16. The summed E-state index contributed by atoms with van der Waals surface area (Å²) < 4.78 is 5.82. The Balaban J connectivity index is 1.43. The van der Waals surface area contributed by atoms with Crippen LogP contribution in [-0.2, 0) is 0 Å². The van der Waals surface area contributed by atoms with Crippen molar-refractivity contribution in [3.8, 4) is 11.3 Å². The van der Waals surface area contributed by atoms with E-state index in [2.05, 4.69) is 10.6 Å². The molecule has 0 atom stereocenters. The zero-order valence-corrected chi connectivity index (χ0v) is 17.1. The van der Waals surface area contributed by atoms with E-state index in [9.17, 15) is 9.59 Å². The molecule has 30 heavy (non-hydrogen) atoms. The molecular formula is C23H22ClN3O3. The standard InChI is InChI=1S/C23H22ClN3O3/c24-18-4-1-3-17(15-18)22(28)26-19-7-5-16(6-8-19)20-9-10-21(30-20)23(29)27-13-2-11-25-12-14-27/h1,3-10,15,25H,2,11-14H2,(H,26,28). The molecule has 6 nitrogen and oxygen atoms in total. The van der Waals surface area contributed by atoms with Gasteiger partial charge in [0, 0.05) is 41.5 Å². The Hall–Kier alpha value is -3.09. The van der Waals surface area contributed by atoms with Gasteiger partial charge in [0.05, 0.1) is 0 Å². The van der Waals surface area contributed by atoms with Crippen LogP contribution in [0.25, 0.3) is 11.3 Å². The quantitative estimate of drug-likeness (QED) is 0.656. The van der Waals surface area contributed by atoms with Crippen LogP contribution in [0.3, 0.4) is 0 Å². The van der Waals surface area contributed by atoms with E-state index in [4.69, 9.17) is 16.0 Å². The average Bonchev–Trinajstić information content (AvgIpc) is 3.09. The van der Waals surface area contributed by atoms with Gasteiger partial charge >= 0.3 is 0 Å². The molecule has 0 aliphatic carbocycles. The van der Waals surface area contributed by atoms with Crippen molar-refractivity contribution in [2.24, 2.45) is 0 Å². The van der Waals surface area contributed by atoms with Gasteiger partial charge in [-0.2, -0.15) is 0 Å². The molecule has 1 fully saturated rings. The Morgan fingerprint density at radius 2 is 1.83 bits per heavy atom. The van der Waals surface area contributed by atoms with Crippen LogP contribution in [0.1, 0.15) is 27.3 Å². The largest absolute Gasteiger partial charge is 0.451 e. The molecule has 0 radical (unpaired) electrons. The molecule has 0 saturated carbocycles. The number of rotatable bonds is 4. The topological polar surface area (TPSA) is 74.6 Å². The third kappa shape index (κ3) is 4.72. The monoisotopic (exact) mass is 423 g/mol. The predicted octanol–water partition coefficient (Wildman–Crippen LogP) is 4.29. The van der Waals surface area contributed by atoms with Crippen LogP contribution in [0.15, 0.2) is 65.1 Å². The minimum absolute atomic E-state index is 0.0876. The molecule has 2 amide bonds. The summed E-state index contributed by atoms with van der Waals surface area (Å²) in [6.45, 7) is 3.12. The van der Waals surface area contributed by atoms with Crippen LogP contribution < -0.4 is 10.6 Å². The lowest BCUT2D eigenvalue weighted by Crippen LogP contribution is -2.33. The van der Waals surface area contributed by atoms with Crippen LogP contribution in [0.4, 0.5) is 5.69 Å². The van der Waals surface area contributed by atoms with Crippen molar-refractivity contribution < 1.29 is 14.0 Å². The SMILES string of the molecule is O=C(Nc1ccc(-c2ccc(C(=O)N3CCCNCC3)o2)cc1)c1cccc(Cl)c1. The van der Waals surface area contributed by atoms with Crippen molar-refractivity contribution in [1.82, 2.24) is 10.2 Å². The van der Waals surface area contributed by atoms with Crippen LogP contribution in [-0.4, -0.2) is 42.9 Å². The fraction of sp³-hybridized carbons (Fsp3) is 0.217. The summed E-state index contributed by atoms with van der Waals surface area (Å²) in [6, 6.07) is 17.6. The average molecular weight is 424 g/mol. The van der Waals surface area contributed by atoms with E-state index in [-0.39, 0.29) is 11.8 Å². The second-order valence-corrected chi connectivity index (χ2v) is 7.54. The number of hydrogen-bond donors (Lipinski definition) is 2. The van der Waals surface area contributed by atoms with Crippen molar-refractivity contribution in [3.63, 3.8) is 0 Å². The van der Waals surface area contributed by atoms with E-state index >= 15 is 0 Å². The van der Waals surface area contributed by atoms with Gasteiger partial charge in [0.2, 0.25) is 0 Å². The fourth-order valence-electron chi connectivity index (χ4n) is 3.36. The highest BCUT2D eigenvalue weighted by Crippen LogP contribution is 2.25. The van der Waals surface area contributed by atoms with Gasteiger partial charge in [-0.25, -0.2) is 0 Å². The molecular weight excluding hydrogens is 402 g/mol. The molecule has 3 aromatic rings. The predicted molar refractivity (Wildman–Crippen MR) is 117 cm³/mol. The van der Waals surface area contributed by atoms with E-state index in [1.165, 1.54) is 0 Å². The first-order valence-corrected chi connectivity index (χ1v) is 10.3. The molecule has 4 rings (SSSR count). The third-order valence-electron chi connectivity index (χ3n) is 4.96. The molecule has 0 bridgehead atoms. The minimum Gasteiger partial charge on any atom is -0.451 e. The van der Waals surface area contributed by atoms with Gasteiger partial charge in [-0.3, -0.25) is 9.59 Å². The Bertz CT molecular complexity index is 1040. The van der Waals surface area contributed by atoms with Gasteiger partial charge in [0.25, 0.3) is 11.8 Å². The zero-order chi connectivity index (χ0) is 20.9. The summed E-state index contributed by atoms with van der Waals surface area (Å²) in [5, 5.41) is 6.64. The fourth-order valence-corrected chi connectivity index (χ4v) is 3.55. The summed E-state index contributed by atoms with van der Waals surface area (Å²) in [7, 11) is 0. The molecule has 7 heteroatoms. The highest BCUT2D eigenvalue weighted by atomic mass is 35.5. The lowest BCUT2D eigenvalue weighted by Gasteiger charge is -2.18. The Labute approximate surface area is 179 Å². The number of hydrogen-bond acceptors (Lipinski definition) is 4. The third-order valence-corrected chi connectivity index (χ3v) is 5.19. The summed E-state index contributed by atoms with van der Waals surface area (Å²) >= 11 is 5.94. The van der Waals surface area contributed by atoms with Gasteiger partial charge in [0.1, 0.15) is 5.76 Å². The molecule has 154 valence electrons.